The van der Waals surface area contributed by atoms with Crippen molar-refractivity contribution < 1.29 is 22.6 Å². The van der Waals surface area contributed by atoms with Crippen molar-refractivity contribution in [3.05, 3.63) is 22.4 Å². The van der Waals surface area contributed by atoms with Crippen LogP contribution in [0.1, 0.15) is 4.88 Å². The number of nitrogens with zero attached hydrogens (tertiary/aromatic N) is 1. The smallest absolute Gasteiger partial charge is 0.383 e. The Morgan fingerprint density at radius 2 is 2.00 bits per heavy atom. The van der Waals surface area contributed by atoms with Gasteiger partial charge in [0.2, 0.25) is 0 Å². The summed E-state index contributed by atoms with van der Waals surface area (Å²) < 4.78 is 45.3. The predicted molar refractivity (Wildman–Crippen MR) is 80.2 cm³/mol. The molecule has 0 aliphatic rings. The fraction of sp³-hybridized carbons (Fsp3) is 0.615. The number of hydrogen-bond acceptors (Lipinski definition) is 4. The zero-order valence-electron chi connectivity index (χ0n) is 12.3. The number of guanidine groups is 1. The average molecular weight is 339 g/mol. The Kier molecular flexibility index (Phi) is 8.86. The molecule has 5 nitrogen and oxygen atoms in total. The molecular weight excluding hydrogens is 319 g/mol. The lowest BCUT2D eigenvalue weighted by Gasteiger charge is -2.13. The van der Waals surface area contributed by atoms with Crippen LogP contribution in [0.4, 0.5) is 13.2 Å². The molecule has 1 aromatic heterocycles. The fourth-order valence-corrected chi connectivity index (χ4v) is 2.06. The van der Waals surface area contributed by atoms with Crippen LogP contribution in [-0.4, -0.2) is 52.2 Å². The minimum absolute atomic E-state index is 0.0521. The van der Waals surface area contributed by atoms with E-state index in [4.69, 9.17) is 4.74 Å². The van der Waals surface area contributed by atoms with Crippen molar-refractivity contribution >= 4 is 17.3 Å². The van der Waals surface area contributed by atoms with Gasteiger partial charge in [-0.2, -0.15) is 13.2 Å². The second-order valence-electron chi connectivity index (χ2n) is 4.26. The topological polar surface area (TPSA) is 54.9 Å². The Labute approximate surface area is 131 Å². The molecule has 0 saturated carbocycles. The molecule has 0 fully saturated rings. The molecule has 2 N–H and O–H groups in total. The first-order valence-electron chi connectivity index (χ1n) is 6.69. The van der Waals surface area contributed by atoms with E-state index in [0.29, 0.717) is 25.7 Å². The molecule has 0 atom stereocenters. The van der Waals surface area contributed by atoms with Gasteiger partial charge < -0.3 is 20.1 Å². The molecule has 0 radical (unpaired) electrons. The first kappa shape index (κ1) is 18.7. The Morgan fingerprint density at radius 1 is 1.27 bits per heavy atom. The summed E-state index contributed by atoms with van der Waals surface area (Å²) in [6.07, 6.45) is -4.30. The van der Waals surface area contributed by atoms with Crippen molar-refractivity contribution in [3.8, 4) is 0 Å². The number of thiophene rings is 1. The van der Waals surface area contributed by atoms with Gasteiger partial charge in [-0.3, -0.25) is 0 Å². The number of rotatable bonds is 9. The second kappa shape index (κ2) is 10.4. The molecule has 0 unspecified atom stereocenters. The van der Waals surface area contributed by atoms with E-state index in [1.807, 2.05) is 17.5 Å². The Morgan fingerprint density at radius 3 is 2.59 bits per heavy atom. The highest BCUT2D eigenvalue weighted by atomic mass is 32.1. The van der Waals surface area contributed by atoms with Crippen molar-refractivity contribution in [1.29, 1.82) is 0 Å². The Balaban J connectivity index is 2.32. The molecule has 1 aromatic rings. The van der Waals surface area contributed by atoms with Gasteiger partial charge in [0, 0.05) is 25.1 Å². The van der Waals surface area contributed by atoms with E-state index >= 15 is 0 Å². The molecule has 0 spiro atoms. The summed E-state index contributed by atoms with van der Waals surface area (Å²) in [5.74, 6) is 0.515. The molecule has 1 heterocycles. The standard InChI is InChI=1S/C13H20F3N3O2S/c1-20-6-4-17-12(19-9-11-3-2-8-22-11)18-5-7-21-10-13(14,15)16/h2-3,8H,4-7,9-10H2,1H3,(H2,17,18,19). The van der Waals surface area contributed by atoms with Crippen molar-refractivity contribution in [3.63, 3.8) is 0 Å². The van der Waals surface area contributed by atoms with E-state index < -0.39 is 12.8 Å². The first-order chi connectivity index (χ1) is 10.5. The Bertz CT molecular complexity index is 425. The van der Waals surface area contributed by atoms with Crippen LogP contribution in [0.5, 0.6) is 0 Å². The number of aliphatic imine (C=N–C) groups is 1. The van der Waals surface area contributed by atoms with Gasteiger partial charge in [0.1, 0.15) is 6.61 Å². The summed E-state index contributed by atoms with van der Waals surface area (Å²) >= 11 is 1.59. The van der Waals surface area contributed by atoms with Crippen LogP contribution < -0.4 is 10.6 Å². The van der Waals surface area contributed by atoms with Crippen molar-refractivity contribution in [2.45, 2.75) is 12.7 Å². The van der Waals surface area contributed by atoms with Gasteiger partial charge in [0.05, 0.1) is 19.8 Å². The van der Waals surface area contributed by atoms with Gasteiger partial charge in [-0.05, 0) is 11.4 Å². The van der Waals surface area contributed by atoms with Gasteiger partial charge in [-0.25, -0.2) is 4.99 Å². The number of nitrogens with one attached hydrogen (secondary N) is 2. The van der Waals surface area contributed by atoms with E-state index in [9.17, 15) is 13.2 Å². The van der Waals surface area contributed by atoms with Crippen molar-refractivity contribution in [1.82, 2.24) is 10.6 Å². The zero-order valence-corrected chi connectivity index (χ0v) is 13.1. The van der Waals surface area contributed by atoms with Gasteiger partial charge in [0.25, 0.3) is 0 Å². The highest BCUT2D eigenvalue weighted by molar-refractivity contribution is 7.09. The van der Waals surface area contributed by atoms with Crippen LogP contribution in [-0.2, 0) is 16.0 Å². The summed E-state index contributed by atoms with van der Waals surface area (Å²) in [7, 11) is 1.59. The normalized spacial score (nSPS) is 12.5. The molecule has 126 valence electrons. The van der Waals surface area contributed by atoms with Gasteiger partial charge in [-0.1, -0.05) is 6.07 Å². The maximum absolute atomic E-state index is 11.9. The molecular formula is C13H20F3N3O2S. The van der Waals surface area contributed by atoms with Crippen LogP contribution in [0.15, 0.2) is 22.5 Å². The fourth-order valence-electron chi connectivity index (χ4n) is 1.43. The summed E-state index contributed by atoms with van der Waals surface area (Å²) in [6, 6.07) is 3.90. The van der Waals surface area contributed by atoms with Crippen LogP contribution in [0.3, 0.4) is 0 Å². The number of halogens is 3. The zero-order chi connectivity index (χ0) is 16.3. The quantitative estimate of drug-likeness (QED) is 0.411. The molecule has 0 saturated heterocycles. The summed E-state index contributed by atoms with van der Waals surface area (Å²) in [5, 5.41) is 7.91. The van der Waals surface area contributed by atoms with Crippen molar-refractivity contribution in [2.75, 3.05) is 40.0 Å². The number of ether oxygens (including phenoxy) is 2. The summed E-state index contributed by atoms with van der Waals surface area (Å²) in [4.78, 5) is 5.45. The summed E-state index contributed by atoms with van der Waals surface area (Å²) in [5.41, 5.74) is 0. The Hall–Kier alpha value is -1.32. The number of alkyl halides is 3. The lowest BCUT2D eigenvalue weighted by atomic mass is 10.5. The molecule has 0 amide bonds. The minimum atomic E-state index is -4.30. The molecule has 9 heteroatoms. The number of hydrogen-bond donors (Lipinski definition) is 2. The van der Waals surface area contributed by atoms with Gasteiger partial charge >= 0.3 is 6.18 Å². The highest BCUT2D eigenvalue weighted by Crippen LogP contribution is 2.14. The van der Waals surface area contributed by atoms with E-state index in [1.165, 1.54) is 0 Å². The van der Waals surface area contributed by atoms with E-state index in [2.05, 4.69) is 20.4 Å². The average Bonchev–Trinajstić information content (AvgIpc) is 2.96. The molecule has 0 aliphatic heterocycles. The lowest BCUT2D eigenvalue weighted by molar-refractivity contribution is -0.173. The molecule has 0 aliphatic carbocycles. The third-order valence-corrected chi connectivity index (χ3v) is 3.24. The summed E-state index contributed by atoms with van der Waals surface area (Å²) in [6.45, 7) is 0.500. The SMILES string of the molecule is COCCNC(=NCc1cccs1)NCCOCC(F)(F)F. The van der Waals surface area contributed by atoms with Crippen LogP contribution >= 0.6 is 11.3 Å². The molecule has 0 bridgehead atoms. The third kappa shape index (κ3) is 9.59. The van der Waals surface area contributed by atoms with Gasteiger partial charge in [0.15, 0.2) is 5.96 Å². The molecule has 1 rings (SSSR count). The second-order valence-corrected chi connectivity index (χ2v) is 5.29. The van der Waals surface area contributed by atoms with Crippen LogP contribution in [0.25, 0.3) is 0 Å². The van der Waals surface area contributed by atoms with E-state index in [0.717, 1.165) is 4.88 Å². The maximum atomic E-state index is 11.9. The first-order valence-corrected chi connectivity index (χ1v) is 7.57. The number of methoxy groups -OCH3 is 1. The largest absolute Gasteiger partial charge is 0.411 e. The maximum Gasteiger partial charge on any atom is 0.411 e. The third-order valence-electron chi connectivity index (χ3n) is 2.38. The van der Waals surface area contributed by atoms with Crippen LogP contribution in [0, 0.1) is 0 Å². The van der Waals surface area contributed by atoms with Gasteiger partial charge in [-0.15, -0.1) is 11.3 Å². The molecule has 22 heavy (non-hydrogen) atoms. The van der Waals surface area contributed by atoms with E-state index in [1.54, 1.807) is 18.4 Å². The van der Waals surface area contributed by atoms with Crippen molar-refractivity contribution in [2.24, 2.45) is 4.99 Å². The predicted octanol–water partition coefficient (Wildman–Crippen LogP) is 2.01. The lowest BCUT2D eigenvalue weighted by Crippen LogP contribution is -2.40. The minimum Gasteiger partial charge on any atom is -0.383 e. The van der Waals surface area contributed by atoms with Crippen LogP contribution in [0.2, 0.25) is 0 Å². The highest BCUT2D eigenvalue weighted by Gasteiger charge is 2.27. The monoisotopic (exact) mass is 339 g/mol. The van der Waals surface area contributed by atoms with E-state index in [-0.39, 0.29) is 13.2 Å². The molecule has 0 aromatic carbocycles.